The average Bonchev–Trinajstić information content (AvgIpc) is 3.06. The van der Waals surface area contributed by atoms with Crippen LogP contribution in [-0.4, -0.2) is 36.2 Å². The minimum absolute atomic E-state index is 0.0843. The van der Waals surface area contributed by atoms with Gasteiger partial charge in [0.05, 0.1) is 4.90 Å². The fourth-order valence-electron chi connectivity index (χ4n) is 3.07. The number of hydrogen-bond donors (Lipinski definition) is 0. The minimum Gasteiger partial charge on any atom is -0.312 e. The van der Waals surface area contributed by atoms with Crippen LogP contribution in [0.1, 0.15) is 32.3 Å². The minimum atomic E-state index is -3.65. The third-order valence-electron chi connectivity index (χ3n) is 4.47. The fourth-order valence-corrected chi connectivity index (χ4v) is 4.70. The molecule has 7 heteroatoms. The van der Waals surface area contributed by atoms with E-state index >= 15 is 0 Å². The van der Waals surface area contributed by atoms with Crippen LogP contribution in [0.15, 0.2) is 53.7 Å². The number of hydrogen-bond acceptors (Lipinski definition) is 4. The highest BCUT2D eigenvalue weighted by Crippen LogP contribution is 2.26. The van der Waals surface area contributed by atoms with Gasteiger partial charge >= 0.3 is 0 Å². The largest absolute Gasteiger partial charge is 0.312 e. The van der Waals surface area contributed by atoms with Crippen molar-refractivity contribution < 1.29 is 13.2 Å². The molecule has 1 aromatic heterocycles. The number of pyridine rings is 1. The molecule has 1 aliphatic rings. The van der Waals surface area contributed by atoms with E-state index in [9.17, 15) is 13.2 Å². The summed E-state index contributed by atoms with van der Waals surface area (Å²) in [4.78, 5) is 17.8. The standard InChI is InChI=1S/C19H23N3O3S/c1-15(2)22(14-16-5-3-11-20-13-16)26(24,25)18-9-7-17(8-10-18)21-12-4-6-19(21)23/h3,5,7-11,13,15H,4,6,12,14H2,1-2H3. The SMILES string of the molecule is CC(C)N(Cc1cccnc1)S(=O)(=O)c1ccc(N2CCCC2=O)cc1. The summed E-state index contributed by atoms with van der Waals surface area (Å²) in [6, 6.07) is 10.0. The molecular formula is C19H23N3O3S. The maximum Gasteiger partial charge on any atom is 0.243 e. The molecule has 3 rings (SSSR count). The van der Waals surface area contributed by atoms with E-state index < -0.39 is 10.0 Å². The lowest BCUT2D eigenvalue weighted by atomic mass is 10.2. The van der Waals surface area contributed by atoms with Crippen molar-refractivity contribution in [2.24, 2.45) is 0 Å². The van der Waals surface area contributed by atoms with E-state index in [2.05, 4.69) is 4.98 Å². The van der Waals surface area contributed by atoms with E-state index in [1.54, 1.807) is 47.6 Å². The highest BCUT2D eigenvalue weighted by molar-refractivity contribution is 7.89. The highest BCUT2D eigenvalue weighted by Gasteiger charge is 2.28. The summed E-state index contributed by atoms with van der Waals surface area (Å²) < 4.78 is 27.7. The normalized spacial score (nSPS) is 15.2. The Labute approximate surface area is 154 Å². The van der Waals surface area contributed by atoms with Gasteiger partial charge in [0, 0.05) is 43.6 Å². The molecular weight excluding hydrogens is 350 g/mol. The summed E-state index contributed by atoms with van der Waals surface area (Å²) in [6.07, 6.45) is 4.72. The quantitative estimate of drug-likeness (QED) is 0.781. The molecule has 0 unspecified atom stereocenters. The van der Waals surface area contributed by atoms with Crippen molar-refractivity contribution in [1.29, 1.82) is 0 Å². The first-order chi connectivity index (χ1) is 12.4. The zero-order valence-corrected chi connectivity index (χ0v) is 15.8. The number of rotatable bonds is 6. The number of nitrogens with zero attached hydrogens (tertiary/aromatic N) is 3. The molecule has 0 atom stereocenters. The molecule has 2 aromatic rings. The van der Waals surface area contributed by atoms with Crippen LogP contribution in [-0.2, 0) is 21.4 Å². The van der Waals surface area contributed by atoms with Crippen LogP contribution in [0.25, 0.3) is 0 Å². The molecule has 1 amide bonds. The van der Waals surface area contributed by atoms with Crippen molar-refractivity contribution in [2.45, 2.75) is 44.2 Å². The van der Waals surface area contributed by atoms with E-state index in [0.717, 1.165) is 17.7 Å². The monoisotopic (exact) mass is 373 g/mol. The Morgan fingerprint density at radius 3 is 2.46 bits per heavy atom. The van der Waals surface area contributed by atoms with Crippen molar-refractivity contribution in [3.63, 3.8) is 0 Å². The second kappa shape index (κ2) is 7.55. The first-order valence-corrected chi connectivity index (χ1v) is 10.1. The van der Waals surface area contributed by atoms with E-state index in [1.807, 2.05) is 19.9 Å². The second-order valence-electron chi connectivity index (χ2n) is 6.65. The van der Waals surface area contributed by atoms with E-state index in [-0.39, 0.29) is 23.4 Å². The van der Waals surface area contributed by atoms with Gasteiger partial charge in [-0.2, -0.15) is 4.31 Å². The number of carbonyl (C=O) groups excluding carboxylic acids is 1. The number of carbonyl (C=O) groups is 1. The van der Waals surface area contributed by atoms with Crippen LogP contribution in [0, 0.1) is 0 Å². The second-order valence-corrected chi connectivity index (χ2v) is 8.54. The van der Waals surface area contributed by atoms with Crippen LogP contribution in [0.2, 0.25) is 0 Å². The molecule has 26 heavy (non-hydrogen) atoms. The molecule has 0 aliphatic carbocycles. The van der Waals surface area contributed by atoms with Crippen molar-refractivity contribution in [2.75, 3.05) is 11.4 Å². The maximum atomic E-state index is 13.1. The Hall–Kier alpha value is -2.25. The molecule has 0 spiro atoms. The molecule has 0 saturated carbocycles. The number of aromatic nitrogens is 1. The lowest BCUT2D eigenvalue weighted by Crippen LogP contribution is -2.36. The summed E-state index contributed by atoms with van der Waals surface area (Å²) in [5.41, 5.74) is 1.58. The van der Waals surface area contributed by atoms with Crippen molar-refractivity contribution in [3.8, 4) is 0 Å². The Morgan fingerprint density at radius 1 is 1.19 bits per heavy atom. The Bertz CT molecular complexity index is 865. The Kier molecular flexibility index (Phi) is 5.38. The van der Waals surface area contributed by atoms with Gasteiger partial charge in [0.1, 0.15) is 0 Å². The van der Waals surface area contributed by atoms with Crippen LogP contribution in [0.5, 0.6) is 0 Å². The summed E-state index contributed by atoms with van der Waals surface area (Å²) >= 11 is 0. The molecule has 1 fully saturated rings. The maximum absolute atomic E-state index is 13.1. The topological polar surface area (TPSA) is 70.6 Å². The Balaban J connectivity index is 1.86. The lowest BCUT2D eigenvalue weighted by Gasteiger charge is -2.26. The van der Waals surface area contributed by atoms with Gasteiger partial charge in [-0.15, -0.1) is 0 Å². The lowest BCUT2D eigenvalue weighted by molar-refractivity contribution is -0.117. The molecule has 0 N–H and O–H groups in total. The summed E-state index contributed by atoms with van der Waals surface area (Å²) in [6.45, 7) is 4.65. The zero-order chi connectivity index (χ0) is 18.7. The first-order valence-electron chi connectivity index (χ1n) is 8.71. The van der Waals surface area contributed by atoms with Gasteiger partial charge in [0.25, 0.3) is 0 Å². The van der Waals surface area contributed by atoms with Crippen LogP contribution >= 0.6 is 0 Å². The highest BCUT2D eigenvalue weighted by atomic mass is 32.2. The van der Waals surface area contributed by atoms with Gasteiger partial charge in [-0.05, 0) is 56.2 Å². The zero-order valence-electron chi connectivity index (χ0n) is 15.0. The Morgan fingerprint density at radius 2 is 1.92 bits per heavy atom. The van der Waals surface area contributed by atoms with Crippen LogP contribution in [0.3, 0.4) is 0 Å². The van der Waals surface area contributed by atoms with Gasteiger partial charge in [0.15, 0.2) is 0 Å². The number of sulfonamides is 1. The number of amides is 1. The molecule has 0 bridgehead atoms. The molecule has 138 valence electrons. The van der Waals surface area contributed by atoms with Gasteiger partial charge in [0.2, 0.25) is 15.9 Å². The predicted molar refractivity (Wildman–Crippen MR) is 100 cm³/mol. The van der Waals surface area contributed by atoms with E-state index in [4.69, 9.17) is 0 Å². The molecule has 0 radical (unpaired) electrons. The molecule has 2 heterocycles. The van der Waals surface area contributed by atoms with Gasteiger partial charge in [-0.3, -0.25) is 9.78 Å². The van der Waals surface area contributed by atoms with Crippen LogP contribution in [0.4, 0.5) is 5.69 Å². The molecule has 1 aliphatic heterocycles. The third kappa shape index (κ3) is 3.78. The summed E-state index contributed by atoms with van der Waals surface area (Å²) in [5.74, 6) is 0.0843. The molecule has 1 aromatic carbocycles. The summed E-state index contributed by atoms with van der Waals surface area (Å²) in [5, 5.41) is 0. The van der Waals surface area contributed by atoms with E-state index in [1.165, 1.54) is 4.31 Å². The van der Waals surface area contributed by atoms with Gasteiger partial charge in [-0.1, -0.05) is 6.07 Å². The van der Waals surface area contributed by atoms with Crippen LogP contribution < -0.4 is 4.90 Å². The third-order valence-corrected chi connectivity index (χ3v) is 6.50. The first kappa shape index (κ1) is 18.5. The van der Waals surface area contributed by atoms with Gasteiger partial charge < -0.3 is 4.90 Å². The predicted octanol–water partition coefficient (Wildman–Crippen LogP) is 2.81. The van der Waals surface area contributed by atoms with Crippen molar-refractivity contribution in [1.82, 2.24) is 9.29 Å². The smallest absolute Gasteiger partial charge is 0.243 e. The van der Waals surface area contributed by atoms with Crippen molar-refractivity contribution in [3.05, 3.63) is 54.4 Å². The molecule has 6 nitrogen and oxygen atoms in total. The molecule has 1 saturated heterocycles. The number of anilines is 1. The average molecular weight is 373 g/mol. The van der Waals surface area contributed by atoms with Gasteiger partial charge in [-0.25, -0.2) is 8.42 Å². The van der Waals surface area contributed by atoms with Crippen molar-refractivity contribution >= 4 is 21.6 Å². The van der Waals surface area contributed by atoms with E-state index in [0.29, 0.717) is 13.0 Å². The summed E-state index contributed by atoms with van der Waals surface area (Å²) in [7, 11) is -3.65. The number of benzene rings is 1. The fraction of sp³-hybridized carbons (Fsp3) is 0.368.